The van der Waals surface area contributed by atoms with Crippen molar-refractivity contribution >= 4 is 18.3 Å². The van der Waals surface area contributed by atoms with Crippen molar-refractivity contribution in [1.82, 2.24) is 10.2 Å². The third-order valence-corrected chi connectivity index (χ3v) is 7.59. The summed E-state index contributed by atoms with van der Waals surface area (Å²) in [6.07, 6.45) is 8.14. The lowest BCUT2D eigenvalue weighted by Gasteiger charge is -2.37. The van der Waals surface area contributed by atoms with Crippen molar-refractivity contribution in [3.05, 3.63) is 23.8 Å². The van der Waals surface area contributed by atoms with Gasteiger partial charge in [-0.3, -0.25) is 4.79 Å². The van der Waals surface area contributed by atoms with Gasteiger partial charge in [0.1, 0.15) is 0 Å². The Bertz CT molecular complexity index is 742. The smallest absolute Gasteiger partial charge is 0.231 e. The largest absolute Gasteiger partial charge is 0.454 e. The number of amides is 1. The van der Waals surface area contributed by atoms with Crippen LogP contribution in [-0.2, 0) is 11.3 Å². The van der Waals surface area contributed by atoms with Crippen molar-refractivity contribution in [1.29, 1.82) is 0 Å². The number of halogens is 1. The van der Waals surface area contributed by atoms with Crippen LogP contribution in [-0.4, -0.2) is 36.7 Å². The van der Waals surface area contributed by atoms with E-state index in [-0.39, 0.29) is 23.7 Å². The van der Waals surface area contributed by atoms with Gasteiger partial charge in [-0.25, -0.2) is 0 Å². The fourth-order valence-corrected chi connectivity index (χ4v) is 5.55. The lowest BCUT2D eigenvalue weighted by Crippen LogP contribution is -2.44. The van der Waals surface area contributed by atoms with Crippen LogP contribution in [0.4, 0.5) is 0 Å². The molecule has 29 heavy (non-hydrogen) atoms. The molecule has 3 fully saturated rings. The molecular weight excluding hydrogens is 388 g/mol. The van der Waals surface area contributed by atoms with Crippen molar-refractivity contribution in [2.45, 2.75) is 64.5 Å². The molecule has 1 unspecified atom stereocenters. The van der Waals surface area contributed by atoms with Gasteiger partial charge in [-0.15, -0.1) is 12.4 Å². The second kappa shape index (κ2) is 8.35. The number of hydrogen-bond donors (Lipinski definition) is 1. The highest BCUT2D eigenvalue weighted by Gasteiger charge is 2.59. The standard InChI is InChI=1S/C23H32N2O3.ClH/c1-16-2-5-18(6-3-16)25(14-17-4-7-20-21(12-17)28-15-27-20)22(26)19-13-23(19)8-10-24-11-9-23;/h4,7,12,16,18-19,24H,2-3,5-6,8-11,13-15H2,1H3;1H. The molecule has 1 aromatic rings. The molecule has 2 saturated carbocycles. The number of ether oxygens (including phenoxy) is 2. The summed E-state index contributed by atoms with van der Waals surface area (Å²) < 4.78 is 11.0. The van der Waals surface area contributed by atoms with Gasteiger partial charge < -0.3 is 19.7 Å². The number of rotatable bonds is 4. The van der Waals surface area contributed by atoms with E-state index >= 15 is 0 Å². The topological polar surface area (TPSA) is 50.8 Å². The second-order valence-corrected chi connectivity index (χ2v) is 9.44. The number of nitrogens with one attached hydrogen (secondary N) is 1. The summed E-state index contributed by atoms with van der Waals surface area (Å²) in [5, 5.41) is 3.45. The Morgan fingerprint density at radius 3 is 2.62 bits per heavy atom. The molecule has 0 bridgehead atoms. The predicted octanol–water partition coefficient (Wildman–Crippen LogP) is 4.13. The monoisotopic (exact) mass is 420 g/mol. The van der Waals surface area contributed by atoms with Gasteiger partial charge in [0.25, 0.3) is 0 Å². The van der Waals surface area contributed by atoms with Crippen LogP contribution in [0, 0.1) is 17.3 Å². The van der Waals surface area contributed by atoms with Crippen LogP contribution in [0.1, 0.15) is 57.4 Å². The van der Waals surface area contributed by atoms with E-state index in [0.29, 0.717) is 25.3 Å². The lowest BCUT2D eigenvalue weighted by molar-refractivity contribution is -0.137. The third kappa shape index (κ3) is 4.09. The summed E-state index contributed by atoms with van der Waals surface area (Å²) in [6.45, 7) is 5.45. The molecule has 1 N–H and O–H groups in total. The quantitative estimate of drug-likeness (QED) is 0.795. The zero-order valence-corrected chi connectivity index (χ0v) is 18.1. The first kappa shape index (κ1) is 20.8. The molecule has 2 heterocycles. The minimum atomic E-state index is 0. The molecular formula is C23H33ClN2O3. The highest BCUT2D eigenvalue weighted by Crippen LogP contribution is 2.59. The molecule has 0 aromatic heterocycles. The number of piperidine rings is 1. The molecule has 4 aliphatic rings. The van der Waals surface area contributed by atoms with E-state index in [0.717, 1.165) is 68.2 Å². The molecule has 2 aliphatic carbocycles. The van der Waals surface area contributed by atoms with Gasteiger partial charge in [0, 0.05) is 18.5 Å². The molecule has 2 aliphatic heterocycles. The Hall–Kier alpha value is -1.46. The molecule has 1 saturated heterocycles. The van der Waals surface area contributed by atoms with Gasteiger partial charge in [-0.1, -0.05) is 13.0 Å². The van der Waals surface area contributed by atoms with Crippen molar-refractivity contribution in [3.63, 3.8) is 0 Å². The maximum absolute atomic E-state index is 13.6. The maximum atomic E-state index is 13.6. The molecule has 6 heteroatoms. The van der Waals surface area contributed by atoms with Gasteiger partial charge in [0.05, 0.1) is 0 Å². The van der Waals surface area contributed by atoms with E-state index in [2.05, 4.69) is 29.3 Å². The Morgan fingerprint density at radius 1 is 1.14 bits per heavy atom. The second-order valence-electron chi connectivity index (χ2n) is 9.44. The van der Waals surface area contributed by atoms with Gasteiger partial charge in [0.15, 0.2) is 11.5 Å². The normalized spacial score (nSPS) is 29.2. The van der Waals surface area contributed by atoms with Crippen LogP contribution in [0.3, 0.4) is 0 Å². The van der Waals surface area contributed by atoms with Crippen LogP contribution in [0.25, 0.3) is 0 Å². The lowest BCUT2D eigenvalue weighted by atomic mass is 9.85. The van der Waals surface area contributed by atoms with Gasteiger partial charge in [-0.2, -0.15) is 0 Å². The van der Waals surface area contributed by atoms with E-state index in [1.165, 1.54) is 12.8 Å². The van der Waals surface area contributed by atoms with Crippen molar-refractivity contribution in [2.24, 2.45) is 17.3 Å². The summed E-state index contributed by atoms with van der Waals surface area (Å²) in [6, 6.07) is 6.51. The van der Waals surface area contributed by atoms with Crippen molar-refractivity contribution < 1.29 is 14.3 Å². The van der Waals surface area contributed by atoms with E-state index < -0.39 is 0 Å². The number of nitrogens with zero attached hydrogens (tertiary/aromatic N) is 1. The highest BCUT2D eigenvalue weighted by molar-refractivity contribution is 5.85. The zero-order chi connectivity index (χ0) is 19.1. The van der Waals surface area contributed by atoms with E-state index in [1.807, 2.05) is 6.07 Å². The van der Waals surface area contributed by atoms with Gasteiger partial charge in [0.2, 0.25) is 12.7 Å². The first-order chi connectivity index (χ1) is 13.6. The predicted molar refractivity (Wildman–Crippen MR) is 114 cm³/mol. The average molecular weight is 421 g/mol. The molecule has 1 aromatic carbocycles. The first-order valence-electron chi connectivity index (χ1n) is 11.0. The average Bonchev–Trinajstić information content (AvgIpc) is 3.19. The number of benzene rings is 1. The maximum Gasteiger partial charge on any atom is 0.231 e. The van der Waals surface area contributed by atoms with Gasteiger partial charge in [-0.05, 0) is 87.1 Å². The van der Waals surface area contributed by atoms with Crippen LogP contribution < -0.4 is 14.8 Å². The number of fused-ring (bicyclic) bond motifs is 1. The summed E-state index contributed by atoms with van der Waals surface area (Å²) >= 11 is 0. The minimum absolute atomic E-state index is 0. The van der Waals surface area contributed by atoms with Crippen molar-refractivity contribution in [3.8, 4) is 11.5 Å². The number of hydrogen-bond acceptors (Lipinski definition) is 4. The Balaban J connectivity index is 0.00000205. The van der Waals surface area contributed by atoms with E-state index in [1.54, 1.807) is 0 Å². The number of carbonyl (C=O) groups excluding carboxylic acids is 1. The SMILES string of the molecule is CC1CCC(N(Cc2ccc3c(c2)OCO3)C(=O)C2CC23CCNCC3)CC1.Cl. The fourth-order valence-electron chi connectivity index (χ4n) is 5.55. The Morgan fingerprint density at radius 2 is 1.86 bits per heavy atom. The van der Waals surface area contributed by atoms with E-state index in [4.69, 9.17) is 9.47 Å². The molecule has 5 nitrogen and oxygen atoms in total. The molecule has 1 amide bonds. The minimum Gasteiger partial charge on any atom is -0.454 e. The molecule has 5 rings (SSSR count). The fraction of sp³-hybridized carbons (Fsp3) is 0.696. The van der Waals surface area contributed by atoms with Crippen LogP contribution >= 0.6 is 12.4 Å². The zero-order valence-electron chi connectivity index (χ0n) is 17.3. The van der Waals surface area contributed by atoms with Gasteiger partial charge >= 0.3 is 0 Å². The molecule has 160 valence electrons. The molecule has 1 atom stereocenters. The summed E-state index contributed by atoms with van der Waals surface area (Å²) in [4.78, 5) is 15.9. The highest BCUT2D eigenvalue weighted by atomic mass is 35.5. The van der Waals surface area contributed by atoms with Crippen LogP contribution in [0.5, 0.6) is 11.5 Å². The first-order valence-corrected chi connectivity index (χ1v) is 11.0. The van der Waals surface area contributed by atoms with E-state index in [9.17, 15) is 4.79 Å². The summed E-state index contributed by atoms with van der Waals surface area (Å²) in [7, 11) is 0. The Kier molecular flexibility index (Phi) is 5.99. The molecule has 0 radical (unpaired) electrons. The number of carbonyl (C=O) groups is 1. The summed E-state index contributed by atoms with van der Waals surface area (Å²) in [5.41, 5.74) is 1.44. The van der Waals surface area contributed by atoms with Crippen LogP contribution in [0.15, 0.2) is 18.2 Å². The summed E-state index contributed by atoms with van der Waals surface area (Å²) in [5.74, 6) is 3.05. The van der Waals surface area contributed by atoms with Crippen LogP contribution in [0.2, 0.25) is 0 Å². The molecule has 1 spiro atoms. The Labute approximate surface area is 179 Å². The third-order valence-electron chi connectivity index (χ3n) is 7.59. The van der Waals surface area contributed by atoms with Crippen molar-refractivity contribution in [2.75, 3.05) is 19.9 Å².